The highest BCUT2D eigenvalue weighted by molar-refractivity contribution is 9.10. The van der Waals surface area contributed by atoms with Crippen molar-refractivity contribution in [2.45, 2.75) is 6.92 Å². The third-order valence-electron chi connectivity index (χ3n) is 5.20. The van der Waals surface area contributed by atoms with Gasteiger partial charge in [0.25, 0.3) is 5.91 Å². The van der Waals surface area contributed by atoms with Gasteiger partial charge in [0.15, 0.2) is 11.5 Å². The Morgan fingerprint density at radius 3 is 2.03 bits per heavy atom. The summed E-state index contributed by atoms with van der Waals surface area (Å²) in [5.74, 6) is -0.482. The Morgan fingerprint density at radius 1 is 0.774 bits per heavy atom. The first-order valence-electron chi connectivity index (χ1n) is 9.64. The standard InChI is InChI=1S/C25H16BrNO4/c1-14-17-6-2-4-8-19(17)30-23(14)25(29)27-21-18-7-3-5-9-20(18)31-24(21)22(28)15-10-12-16(26)13-11-15/h2-13H,1H3,(H,27,29). The average molecular weight is 474 g/mol. The van der Waals surface area contributed by atoms with Gasteiger partial charge in [-0.3, -0.25) is 9.59 Å². The van der Waals surface area contributed by atoms with Gasteiger partial charge in [-0.1, -0.05) is 46.3 Å². The van der Waals surface area contributed by atoms with Crippen molar-refractivity contribution in [3.8, 4) is 0 Å². The van der Waals surface area contributed by atoms with E-state index in [9.17, 15) is 9.59 Å². The van der Waals surface area contributed by atoms with Crippen LogP contribution in [-0.2, 0) is 0 Å². The number of fused-ring (bicyclic) bond motifs is 2. The fourth-order valence-corrected chi connectivity index (χ4v) is 3.89. The van der Waals surface area contributed by atoms with E-state index in [4.69, 9.17) is 8.83 Å². The Kier molecular flexibility index (Phi) is 4.71. The Bertz CT molecular complexity index is 1460. The van der Waals surface area contributed by atoms with Gasteiger partial charge in [-0.15, -0.1) is 0 Å². The van der Waals surface area contributed by atoms with Gasteiger partial charge in [0.1, 0.15) is 11.2 Å². The normalized spacial score (nSPS) is 11.2. The summed E-state index contributed by atoms with van der Waals surface area (Å²) in [6.07, 6.45) is 0. The molecule has 152 valence electrons. The van der Waals surface area contributed by atoms with Crippen LogP contribution in [0.3, 0.4) is 0 Å². The monoisotopic (exact) mass is 473 g/mol. The lowest BCUT2D eigenvalue weighted by atomic mass is 10.1. The SMILES string of the molecule is Cc1c(C(=O)Nc2c(C(=O)c3ccc(Br)cc3)oc3ccccc23)oc2ccccc12. The molecule has 0 unspecified atom stereocenters. The lowest BCUT2D eigenvalue weighted by molar-refractivity contribution is 0.0997. The van der Waals surface area contributed by atoms with Crippen LogP contribution in [0.15, 0.2) is 86.1 Å². The average Bonchev–Trinajstić information content (AvgIpc) is 3.32. The number of aryl methyl sites for hydroxylation is 1. The van der Waals surface area contributed by atoms with E-state index in [1.165, 1.54) is 0 Å². The summed E-state index contributed by atoms with van der Waals surface area (Å²) in [7, 11) is 0. The first-order chi connectivity index (χ1) is 15.0. The lowest BCUT2D eigenvalue weighted by Gasteiger charge is -2.05. The first-order valence-corrected chi connectivity index (χ1v) is 10.4. The maximum atomic E-state index is 13.2. The number of furan rings is 2. The van der Waals surface area contributed by atoms with Crippen molar-refractivity contribution in [1.82, 2.24) is 0 Å². The van der Waals surface area contributed by atoms with Crippen LogP contribution >= 0.6 is 15.9 Å². The van der Waals surface area contributed by atoms with E-state index in [1.54, 1.807) is 36.4 Å². The molecule has 1 N–H and O–H groups in total. The molecule has 0 bridgehead atoms. The molecule has 2 heterocycles. The molecule has 2 aromatic heterocycles. The van der Waals surface area contributed by atoms with Gasteiger partial charge in [0.05, 0.1) is 5.69 Å². The predicted octanol–water partition coefficient (Wildman–Crippen LogP) is 6.73. The molecule has 3 aromatic carbocycles. The Balaban J connectivity index is 1.59. The number of para-hydroxylation sites is 2. The summed E-state index contributed by atoms with van der Waals surface area (Å²) < 4.78 is 12.5. The fraction of sp³-hybridized carbons (Fsp3) is 0.0400. The van der Waals surface area contributed by atoms with Gasteiger partial charge in [-0.05, 0) is 49.4 Å². The number of anilines is 1. The number of carbonyl (C=O) groups is 2. The van der Waals surface area contributed by atoms with Crippen molar-refractivity contribution < 1.29 is 18.4 Å². The van der Waals surface area contributed by atoms with E-state index in [2.05, 4.69) is 21.2 Å². The minimum atomic E-state index is -0.440. The van der Waals surface area contributed by atoms with Crippen molar-refractivity contribution in [3.63, 3.8) is 0 Å². The van der Waals surface area contributed by atoms with Crippen molar-refractivity contribution in [2.75, 3.05) is 5.32 Å². The molecule has 5 aromatic rings. The van der Waals surface area contributed by atoms with Crippen molar-refractivity contribution >= 4 is 55.2 Å². The minimum absolute atomic E-state index is 0.0747. The second-order valence-electron chi connectivity index (χ2n) is 7.14. The number of amides is 1. The zero-order valence-corrected chi connectivity index (χ0v) is 18.0. The number of halogens is 1. The van der Waals surface area contributed by atoms with Crippen molar-refractivity contribution in [2.24, 2.45) is 0 Å². The first kappa shape index (κ1) is 19.3. The van der Waals surface area contributed by atoms with Gasteiger partial charge in [0, 0.05) is 26.4 Å². The number of rotatable bonds is 4. The fourth-order valence-electron chi connectivity index (χ4n) is 3.62. The van der Waals surface area contributed by atoms with Crippen LogP contribution < -0.4 is 5.32 Å². The molecule has 31 heavy (non-hydrogen) atoms. The highest BCUT2D eigenvalue weighted by atomic mass is 79.9. The van der Waals surface area contributed by atoms with Gasteiger partial charge < -0.3 is 14.2 Å². The van der Waals surface area contributed by atoms with Crippen LogP contribution in [0.5, 0.6) is 0 Å². The summed E-state index contributed by atoms with van der Waals surface area (Å²) in [5.41, 5.74) is 2.67. The molecule has 6 heteroatoms. The van der Waals surface area contributed by atoms with Crippen LogP contribution in [-0.4, -0.2) is 11.7 Å². The molecule has 0 aliphatic rings. The number of benzene rings is 3. The van der Waals surface area contributed by atoms with Crippen molar-refractivity contribution in [3.05, 3.63) is 99.9 Å². The largest absolute Gasteiger partial charge is 0.451 e. The number of hydrogen-bond acceptors (Lipinski definition) is 4. The summed E-state index contributed by atoms with van der Waals surface area (Å²) >= 11 is 3.37. The van der Waals surface area contributed by atoms with E-state index in [0.717, 1.165) is 15.4 Å². The van der Waals surface area contributed by atoms with E-state index < -0.39 is 5.91 Å². The molecule has 0 saturated carbocycles. The summed E-state index contributed by atoms with van der Waals surface area (Å²) in [5, 5.41) is 4.37. The molecule has 0 spiro atoms. The molecule has 1 amide bonds. The number of hydrogen-bond donors (Lipinski definition) is 1. The highest BCUT2D eigenvalue weighted by Crippen LogP contribution is 2.34. The molecule has 0 atom stereocenters. The van der Waals surface area contributed by atoms with Gasteiger partial charge in [0.2, 0.25) is 5.78 Å². The maximum absolute atomic E-state index is 13.2. The minimum Gasteiger partial charge on any atom is -0.451 e. The third-order valence-corrected chi connectivity index (χ3v) is 5.73. The van der Waals surface area contributed by atoms with Crippen LogP contribution in [0, 0.1) is 6.92 Å². The molecule has 5 rings (SSSR count). The highest BCUT2D eigenvalue weighted by Gasteiger charge is 2.26. The van der Waals surface area contributed by atoms with Crippen LogP contribution in [0.1, 0.15) is 32.2 Å². The van der Waals surface area contributed by atoms with E-state index in [-0.39, 0.29) is 17.3 Å². The van der Waals surface area contributed by atoms with E-state index >= 15 is 0 Å². The van der Waals surface area contributed by atoms with Crippen molar-refractivity contribution in [1.29, 1.82) is 0 Å². The molecule has 0 saturated heterocycles. The van der Waals surface area contributed by atoms with Gasteiger partial charge in [-0.2, -0.15) is 0 Å². The summed E-state index contributed by atoms with van der Waals surface area (Å²) in [4.78, 5) is 26.3. The van der Waals surface area contributed by atoms with Crippen LogP contribution in [0.25, 0.3) is 21.9 Å². The lowest BCUT2D eigenvalue weighted by Crippen LogP contribution is -2.14. The van der Waals surface area contributed by atoms with E-state index in [0.29, 0.717) is 27.8 Å². The third kappa shape index (κ3) is 3.35. The molecule has 5 nitrogen and oxygen atoms in total. The number of nitrogens with one attached hydrogen (secondary N) is 1. The molecule has 0 aliphatic carbocycles. The zero-order chi connectivity index (χ0) is 21.5. The molecule has 0 aliphatic heterocycles. The van der Waals surface area contributed by atoms with Gasteiger partial charge >= 0.3 is 0 Å². The molecular weight excluding hydrogens is 458 g/mol. The zero-order valence-electron chi connectivity index (χ0n) is 16.4. The molecular formula is C25H16BrNO4. The quantitative estimate of drug-likeness (QED) is 0.293. The summed E-state index contributed by atoms with van der Waals surface area (Å²) in [6, 6.07) is 21.6. The number of carbonyl (C=O) groups excluding carboxylic acids is 2. The van der Waals surface area contributed by atoms with Crippen LogP contribution in [0.4, 0.5) is 5.69 Å². The molecule has 0 radical (unpaired) electrons. The second-order valence-corrected chi connectivity index (χ2v) is 8.06. The van der Waals surface area contributed by atoms with E-state index in [1.807, 2.05) is 43.3 Å². The van der Waals surface area contributed by atoms with Gasteiger partial charge in [-0.25, -0.2) is 0 Å². The Labute approximate surface area is 185 Å². The topological polar surface area (TPSA) is 72.5 Å². The van der Waals surface area contributed by atoms with Crippen LogP contribution in [0.2, 0.25) is 0 Å². The number of ketones is 1. The summed E-state index contributed by atoms with van der Waals surface area (Å²) in [6.45, 7) is 1.84. The maximum Gasteiger partial charge on any atom is 0.291 e. The Hall–Kier alpha value is -3.64. The molecule has 0 fully saturated rings. The second kappa shape index (κ2) is 7.56. The predicted molar refractivity (Wildman–Crippen MR) is 123 cm³/mol. The Morgan fingerprint density at radius 2 is 1.35 bits per heavy atom. The smallest absolute Gasteiger partial charge is 0.291 e.